The Morgan fingerprint density at radius 3 is 2.45 bits per heavy atom. The van der Waals surface area contributed by atoms with Crippen molar-refractivity contribution in [1.29, 1.82) is 0 Å². The summed E-state index contributed by atoms with van der Waals surface area (Å²) in [7, 11) is 3.13. The molecule has 0 aliphatic rings. The molecule has 5 heteroatoms. The molecular formula is C6H12ClN3O. The molecule has 64 valence electrons. The Kier molecular flexibility index (Phi) is 3.48. The fourth-order valence-corrected chi connectivity index (χ4v) is 0.823. The van der Waals surface area contributed by atoms with E-state index in [1.165, 1.54) is 11.1 Å². The Bertz CT molecular complexity index is 177. The summed E-state index contributed by atoms with van der Waals surface area (Å²) in [5.74, 6) is -0.433. The standard InChI is InChI=1S/C6H12ClN3O/c1-4-9-6(7,8)5(11)10(2)3/h4H,8H2,1-3H3. The third kappa shape index (κ3) is 2.86. The van der Waals surface area contributed by atoms with Gasteiger partial charge in [-0.1, -0.05) is 11.6 Å². The molecule has 1 atom stereocenters. The van der Waals surface area contributed by atoms with E-state index < -0.39 is 11.0 Å². The molecule has 0 aromatic rings. The van der Waals surface area contributed by atoms with Gasteiger partial charge in [0.15, 0.2) is 0 Å². The van der Waals surface area contributed by atoms with Crippen LogP contribution >= 0.6 is 11.6 Å². The lowest BCUT2D eigenvalue weighted by molar-refractivity contribution is -0.131. The lowest BCUT2D eigenvalue weighted by Crippen LogP contribution is -2.47. The lowest BCUT2D eigenvalue weighted by atomic mass is 10.4. The first-order valence-electron chi connectivity index (χ1n) is 3.11. The van der Waals surface area contributed by atoms with Gasteiger partial charge in [0.25, 0.3) is 11.0 Å². The van der Waals surface area contributed by atoms with Crippen molar-refractivity contribution < 1.29 is 4.79 Å². The average molecular weight is 178 g/mol. The molecule has 0 radical (unpaired) electrons. The fourth-order valence-electron chi connectivity index (χ4n) is 0.557. The van der Waals surface area contributed by atoms with Crippen LogP contribution in [-0.2, 0) is 4.79 Å². The van der Waals surface area contributed by atoms with E-state index in [9.17, 15) is 4.79 Å². The maximum absolute atomic E-state index is 11.1. The highest BCUT2D eigenvalue weighted by Crippen LogP contribution is 2.10. The highest BCUT2D eigenvalue weighted by molar-refractivity contribution is 6.34. The van der Waals surface area contributed by atoms with Gasteiger partial charge in [0.1, 0.15) is 0 Å². The number of carbonyl (C=O) groups excluding carboxylic acids is 1. The SMILES string of the molecule is CC=NC(N)(Cl)C(=O)N(C)C. The molecule has 4 nitrogen and oxygen atoms in total. The highest BCUT2D eigenvalue weighted by atomic mass is 35.5. The fraction of sp³-hybridized carbons (Fsp3) is 0.667. The first-order valence-corrected chi connectivity index (χ1v) is 3.49. The number of alkyl halides is 1. The van der Waals surface area contributed by atoms with Crippen LogP contribution in [0.3, 0.4) is 0 Å². The molecule has 1 amide bonds. The molecule has 0 saturated carbocycles. The molecule has 0 fully saturated rings. The number of carbonyl (C=O) groups is 1. The third-order valence-corrected chi connectivity index (χ3v) is 1.28. The Labute approximate surface area is 71.0 Å². The van der Waals surface area contributed by atoms with E-state index in [-0.39, 0.29) is 0 Å². The zero-order valence-electron chi connectivity index (χ0n) is 6.84. The average Bonchev–Trinajstić information content (AvgIpc) is 1.86. The Morgan fingerprint density at radius 2 is 2.18 bits per heavy atom. The van der Waals surface area contributed by atoms with Gasteiger partial charge in [-0.3, -0.25) is 15.5 Å². The molecule has 0 heterocycles. The molecule has 1 unspecified atom stereocenters. The van der Waals surface area contributed by atoms with Crippen LogP contribution in [0.5, 0.6) is 0 Å². The van der Waals surface area contributed by atoms with Gasteiger partial charge >= 0.3 is 0 Å². The van der Waals surface area contributed by atoms with Crippen molar-refractivity contribution in [2.45, 2.75) is 12.0 Å². The molecule has 2 N–H and O–H groups in total. The molecule has 0 spiro atoms. The zero-order valence-corrected chi connectivity index (χ0v) is 7.59. The molecular weight excluding hydrogens is 166 g/mol. The summed E-state index contributed by atoms with van der Waals surface area (Å²) in [6, 6.07) is 0. The zero-order chi connectivity index (χ0) is 9.07. The highest BCUT2D eigenvalue weighted by Gasteiger charge is 2.31. The van der Waals surface area contributed by atoms with Crippen LogP contribution in [0.1, 0.15) is 6.92 Å². The van der Waals surface area contributed by atoms with E-state index >= 15 is 0 Å². The Balaban J connectivity index is 4.42. The summed E-state index contributed by atoms with van der Waals surface area (Å²) in [6.07, 6.45) is 1.40. The number of aliphatic imine (C=N–C) groups is 1. The molecule has 0 saturated heterocycles. The van der Waals surface area contributed by atoms with E-state index in [1.807, 2.05) is 0 Å². The predicted molar refractivity (Wildman–Crippen MR) is 45.6 cm³/mol. The predicted octanol–water partition coefficient (Wildman–Crippen LogP) is 0.0166. The maximum Gasteiger partial charge on any atom is 0.280 e. The van der Waals surface area contributed by atoms with E-state index in [4.69, 9.17) is 17.3 Å². The van der Waals surface area contributed by atoms with Gasteiger partial charge in [-0.05, 0) is 13.1 Å². The minimum Gasteiger partial charge on any atom is -0.344 e. The van der Waals surface area contributed by atoms with Gasteiger partial charge in [0.05, 0.1) is 0 Å². The van der Waals surface area contributed by atoms with Gasteiger partial charge in [-0.15, -0.1) is 0 Å². The number of hydrogen-bond donors (Lipinski definition) is 1. The molecule has 0 aromatic heterocycles. The number of halogens is 1. The van der Waals surface area contributed by atoms with Crippen LogP contribution < -0.4 is 5.73 Å². The largest absolute Gasteiger partial charge is 0.344 e. The lowest BCUT2D eigenvalue weighted by Gasteiger charge is -2.19. The molecule has 0 aromatic carbocycles. The van der Waals surface area contributed by atoms with Crippen molar-refractivity contribution in [2.24, 2.45) is 10.7 Å². The van der Waals surface area contributed by atoms with E-state index in [2.05, 4.69) is 4.99 Å². The molecule has 0 rings (SSSR count). The van der Waals surface area contributed by atoms with Crippen LogP contribution in [-0.4, -0.2) is 36.2 Å². The van der Waals surface area contributed by atoms with Gasteiger partial charge < -0.3 is 4.90 Å². The van der Waals surface area contributed by atoms with E-state index in [0.717, 1.165) is 0 Å². The third-order valence-electron chi connectivity index (χ3n) is 1.02. The van der Waals surface area contributed by atoms with Gasteiger partial charge in [0.2, 0.25) is 0 Å². The molecule has 11 heavy (non-hydrogen) atoms. The van der Waals surface area contributed by atoms with Crippen LogP contribution in [0, 0.1) is 0 Å². The summed E-state index contributed by atoms with van der Waals surface area (Å²) in [5, 5.41) is -1.64. The number of rotatable bonds is 2. The maximum atomic E-state index is 11.1. The van der Waals surface area contributed by atoms with Crippen molar-refractivity contribution in [3.63, 3.8) is 0 Å². The smallest absolute Gasteiger partial charge is 0.280 e. The molecule has 0 aliphatic carbocycles. The summed E-state index contributed by atoms with van der Waals surface area (Å²) >= 11 is 5.57. The van der Waals surface area contributed by atoms with E-state index in [0.29, 0.717) is 0 Å². The topological polar surface area (TPSA) is 58.7 Å². The van der Waals surface area contributed by atoms with Crippen molar-refractivity contribution in [2.75, 3.05) is 14.1 Å². The quantitative estimate of drug-likeness (QED) is 0.367. The van der Waals surface area contributed by atoms with Crippen molar-refractivity contribution in [3.8, 4) is 0 Å². The molecule has 0 bridgehead atoms. The van der Waals surface area contributed by atoms with Crippen LogP contribution in [0.15, 0.2) is 4.99 Å². The van der Waals surface area contributed by atoms with Crippen molar-refractivity contribution in [1.82, 2.24) is 4.90 Å². The number of nitrogens with zero attached hydrogens (tertiary/aromatic N) is 2. The van der Waals surface area contributed by atoms with Crippen LogP contribution in [0.2, 0.25) is 0 Å². The minimum atomic E-state index is -1.64. The number of nitrogens with two attached hydrogens (primary N) is 1. The second-order valence-corrected chi connectivity index (χ2v) is 2.84. The summed E-state index contributed by atoms with van der Waals surface area (Å²) in [5.41, 5.74) is 5.35. The summed E-state index contributed by atoms with van der Waals surface area (Å²) in [4.78, 5) is 16.0. The number of hydrogen-bond acceptors (Lipinski definition) is 3. The Hall–Kier alpha value is -0.610. The monoisotopic (exact) mass is 177 g/mol. The number of likely N-dealkylation sites (N-methyl/N-ethyl adjacent to an activating group) is 1. The second-order valence-electron chi connectivity index (χ2n) is 2.26. The normalized spacial score (nSPS) is 16.5. The first-order chi connectivity index (χ1) is 4.91. The minimum absolute atomic E-state index is 0.433. The second kappa shape index (κ2) is 3.69. The summed E-state index contributed by atoms with van der Waals surface area (Å²) in [6.45, 7) is 1.65. The van der Waals surface area contributed by atoms with Crippen molar-refractivity contribution >= 4 is 23.7 Å². The Morgan fingerprint density at radius 1 is 1.73 bits per heavy atom. The van der Waals surface area contributed by atoms with Gasteiger partial charge in [-0.25, -0.2) is 0 Å². The first kappa shape index (κ1) is 10.4. The van der Waals surface area contributed by atoms with Gasteiger partial charge in [0, 0.05) is 14.1 Å². The van der Waals surface area contributed by atoms with Crippen LogP contribution in [0.4, 0.5) is 0 Å². The summed E-state index contributed by atoms with van der Waals surface area (Å²) < 4.78 is 0. The van der Waals surface area contributed by atoms with Crippen molar-refractivity contribution in [3.05, 3.63) is 0 Å². The van der Waals surface area contributed by atoms with Gasteiger partial charge in [-0.2, -0.15) is 0 Å². The molecule has 0 aliphatic heterocycles. The van der Waals surface area contributed by atoms with E-state index in [1.54, 1.807) is 21.0 Å². The number of amides is 1. The van der Waals surface area contributed by atoms with Crippen LogP contribution in [0.25, 0.3) is 0 Å².